The zero-order chi connectivity index (χ0) is 26.6. The van der Waals surface area contributed by atoms with Crippen molar-refractivity contribution in [1.29, 1.82) is 0 Å². The molecule has 4 aromatic rings. The summed E-state index contributed by atoms with van der Waals surface area (Å²) in [6, 6.07) is 22.5. The van der Waals surface area contributed by atoms with Gasteiger partial charge in [-0.15, -0.1) is 0 Å². The van der Waals surface area contributed by atoms with E-state index in [4.69, 9.17) is 26.1 Å². The number of furan rings is 1. The van der Waals surface area contributed by atoms with Crippen LogP contribution in [0.1, 0.15) is 23.5 Å². The van der Waals surface area contributed by atoms with Gasteiger partial charge in [-0.3, -0.25) is 9.78 Å². The van der Waals surface area contributed by atoms with Gasteiger partial charge in [0, 0.05) is 29.0 Å². The lowest BCUT2D eigenvalue weighted by molar-refractivity contribution is -0.119. The molecule has 8 nitrogen and oxygen atoms in total. The summed E-state index contributed by atoms with van der Waals surface area (Å²) >= 11 is 9.31. The molecule has 1 fully saturated rings. The standard InChI is InChI=1S/C28H25BrN4O4S/c1-35-16-25(34)31-21-15-19(10-11-23(21)36-2)33-27(26(32-28(33)38)20-5-3-4-14-30-20)24-13-12-22(37-24)17-6-8-18(29)9-7-17/h3-15,26-27H,16H2,1-2H3,(H,31,34)(H,32,38)/t26-,27+/m0/s1. The van der Waals surface area contributed by atoms with Gasteiger partial charge in [-0.1, -0.05) is 34.1 Å². The van der Waals surface area contributed by atoms with Gasteiger partial charge >= 0.3 is 0 Å². The van der Waals surface area contributed by atoms with Crippen molar-refractivity contribution in [2.45, 2.75) is 12.1 Å². The van der Waals surface area contributed by atoms with E-state index >= 15 is 0 Å². The maximum Gasteiger partial charge on any atom is 0.250 e. The monoisotopic (exact) mass is 592 g/mol. The number of pyridine rings is 1. The zero-order valence-electron chi connectivity index (χ0n) is 20.7. The molecule has 0 bridgehead atoms. The molecule has 0 saturated carbocycles. The lowest BCUT2D eigenvalue weighted by Gasteiger charge is -2.27. The summed E-state index contributed by atoms with van der Waals surface area (Å²) in [5.41, 5.74) is 3.04. The molecule has 2 aromatic heterocycles. The normalized spacial score (nSPS) is 16.8. The van der Waals surface area contributed by atoms with E-state index in [2.05, 4.69) is 31.5 Å². The molecule has 38 heavy (non-hydrogen) atoms. The summed E-state index contributed by atoms with van der Waals surface area (Å²) in [6.07, 6.45) is 1.76. The van der Waals surface area contributed by atoms with Crippen molar-refractivity contribution in [3.05, 3.63) is 94.9 Å². The Morgan fingerprint density at radius 2 is 1.95 bits per heavy atom. The van der Waals surface area contributed by atoms with Crippen LogP contribution in [0.5, 0.6) is 5.75 Å². The predicted octanol–water partition coefficient (Wildman–Crippen LogP) is 5.87. The Hall–Kier alpha value is -3.73. The van der Waals surface area contributed by atoms with Crippen molar-refractivity contribution < 1.29 is 18.7 Å². The van der Waals surface area contributed by atoms with E-state index in [0.29, 0.717) is 22.3 Å². The predicted molar refractivity (Wildman–Crippen MR) is 153 cm³/mol. The number of benzene rings is 2. The number of amides is 1. The van der Waals surface area contributed by atoms with Crippen molar-refractivity contribution >= 4 is 50.5 Å². The van der Waals surface area contributed by atoms with Crippen LogP contribution < -0.4 is 20.3 Å². The van der Waals surface area contributed by atoms with Gasteiger partial charge in [0.25, 0.3) is 0 Å². The van der Waals surface area contributed by atoms with Gasteiger partial charge in [-0.05, 0) is 66.8 Å². The van der Waals surface area contributed by atoms with Crippen molar-refractivity contribution in [2.24, 2.45) is 0 Å². The molecule has 3 heterocycles. The van der Waals surface area contributed by atoms with Gasteiger partial charge in [0.2, 0.25) is 5.91 Å². The fourth-order valence-electron chi connectivity index (χ4n) is 4.46. The Morgan fingerprint density at radius 3 is 2.66 bits per heavy atom. The van der Waals surface area contributed by atoms with E-state index in [1.54, 1.807) is 19.4 Å². The minimum atomic E-state index is -0.350. The second-order valence-corrected chi connectivity index (χ2v) is 9.87. The van der Waals surface area contributed by atoms with Crippen molar-refractivity contribution in [3.8, 4) is 17.1 Å². The van der Waals surface area contributed by atoms with E-state index in [1.807, 2.05) is 71.6 Å². The molecule has 0 unspecified atom stereocenters. The highest BCUT2D eigenvalue weighted by atomic mass is 79.9. The van der Waals surface area contributed by atoms with Crippen molar-refractivity contribution in [1.82, 2.24) is 10.3 Å². The number of rotatable bonds is 8. The molecular formula is C28H25BrN4O4S. The number of ether oxygens (including phenoxy) is 2. The Kier molecular flexibility index (Phi) is 7.73. The van der Waals surface area contributed by atoms with E-state index in [0.717, 1.165) is 27.2 Å². The number of aromatic nitrogens is 1. The third-order valence-electron chi connectivity index (χ3n) is 6.16. The summed E-state index contributed by atoms with van der Waals surface area (Å²) in [6.45, 7) is -0.0767. The van der Waals surface area contributed by atoms with E-state index in [9.17, 15) is 4.79 Å². The molecular weight excluding hydrogens is 568 g/mol. The maximum atomic E-state index is 12.3. The van der Waals surface area contributed by atoms with Crippen LogP contribution in [0.3, 0.4) is 0 Å². The molecule has 1 amide bonds. The van der Waals surface area contributed by atoms with Crippen LogP contribution in [0, 0.1) is 0 Å². The number of halogens is 1. The van der Waals surface area contributed by atoms with Gasteiger partial charge in [-0.2, -0.15) is 0 Å². The lowest BCUT2D eigenvalue weighted by atomic mass is 10.0. The first kappa shape index (κ1) is 25.9. The van der Waals surface area contributed by atoms with Gasteiger partial charge in [-0.25, -0.2) is 0 Å². The summed E-state index contributed by atoms with van der Waals surface area (Å²) < 4.78 is 17.9. The molecule has 2 N–H and O–H groups in total. The molecule has 1 aliphatic rings. The fourth-order valence-corrected chi connectivity index (χ4v) is 5.07. The summed E-state index contributed by atoms with van der Waals surface area (Å²) in [7, 11) is 3.02. The van der Waals surface area contributed by atoms with E-state index in [1.165, 1.54) is 7.11 Å². The molecule has 194 valence electrons. The quantitative estimate of drug-likeness (QED) is 0.245. The molecule has 1 saturated heterocycles. The Bertz CT molecular complexity index is 1450. The number of methoxy groups -OCH3 is 2. The van der Waals surface area contributed by atoms with E-state index in [-0.39, 0.29) is 24.6 Å². The summed E-state index contributed by atoms with van der Waals surface area (Å²) in [5.74, 6) is 1.68. The molecule has 2 atom stereocenters. The number of nitrogens with zero attached hydrogens (tertiary/aromatic N) is 2. The Morgan fingerprint density at radius 1 is 1.13 bits per heavy atom. The number of carbonyl (C=O) groups is 1. The first-order chi connectivity index (χ1) is 18.5. The molecule has 0 spiro atoms. The molecule has 0 radical (unpaired) electrons. The number of hydrogen-bond acceptors (Lipinski definition) is 6. The highest BCUT2D eigenvalue weighted by Gasteiger charge is 2.42. The van der Waals surface area contributed by atoms with Crippen LogP contribution in [0.15, 0.2) is 87.9 Å². The Balaban J connectivity index is 1.57. The number of hydrogen-bond donors (Lipinski definition) is 2. The van der Waals surface area contributed by atoms with Gasteiger partial charge < -0.3 is 29.4 Å². The molecule has 0 aliphatic carbocycles. The van der Waals surface area contributed by atoms with Crippen LogP contribution in [0.25, 0.3) is 11.3 Å². The second-order valence-electron chi connectivity index (χ2n) is 8.57. The average Bonchev–Trinajstić information content (AvgIpc) is 3.54. The van der Waals surface area contributed by atoms with Gasteiger partial charge in [0.05, 0.1) is 24.5 Å². The Labute approximate surface area is 234 Å². The molecule has 2 aromatic carbocycles. The molecule has 5 rings (SSSR count). The zero-order valence-corrected chi connectivity index (χ0v) is 23.1. The topological polar surface area (TPSA) is 88.9 Å². The minimum Gasteiger partial charge on any atom is -0.495 e. The summed E-state index contributed by atoms with van der Waals surface area (Å²) in [4.78, 5) is 18.9. The van der Waals surface area contributed by atoms with Crippen molar-refractivity contribution in [2.75, 3.05) is 31.0 Å². The molecule has 1 aliphatic heterocycles. The maximum absolute atomic E-state index is 12.3. The van der Waals surface area contributed by atoms with E-state index < -0.39 is 0 Å². The van der Waals surface area contributed by atoms with Crippen LogP contribution >= 0.6 is 28.1 Å². The SMILES string of the molecule is COCC(=O)Nc1cc(N2C(=S)N[C@@H](c3ccccn3)[C@H]2c2ccc(-c3ccc(Br)cc3)o2)ccc1OC. The largest absolute Gasteiger partial charge is 0.495 e. The number of nitrogens with one attached hydrogen (secondary N) is 2. The van der Waals surface area contributed by atoms with Crippen LogP contribution in [-0.4, -0.2) is 36.8 Å². The first-order valence-corrected chi connectivity index (χ1v) is 13.0. The van der Waals surface area contributed by atoms with Gasteiger partial charge in [0.15, 0.2) is 5.11 Å². The van der Waals surface area contributed by atoms with Crippen LogP contribution in [0.2, 0.25) is 0 Å². The average molecular weight is 594 g/mol. The minimum absolute atomic E-state index is 0.0767. The second kappa shape index (κ2) is 11.3. The lowest BCUT2D eigenvalue weighted by Crippen LogP contribution is -2.29. The number of anilines is 2. The third-order valence-corrected chi connectivity index (χ3v) is 7.00. The highest BCUT2D eigenvalue weighted by molar-refractivity contribution is 9.10. The van der Waals surface area contributed by atoms with Crippen LogP contribution in [0.4, 0.5) is 11.4 Å². The fraction of sp³-hybridized carbons (Fsp3) is 0.179. The van der Waals surface area contributed by atoms with Crippen LogP contribution in [-0.2, 0) is 9.53 Å². The van der Waals surface area contributed by atoms with Gasteiger partial charge in [0.1, 0.15) is 29.9 Å². The smallest absolute Gasteiger partial charge is 0.250 e. The highest BCUT2D eigenvalue weighted by Crippen LogP contribution is 2.44. The molecule has 10 heteroatoms. The third kappa shape index (κ3) is 5.28. The summed E-state index contributed by atoms with van der Waals surface area (Å²) in [5, 5.41) is 6.78. The number of thiocarbonyl (C=S) groups is 1. The number of carbonyl (C=O) groups excluding carboxylic acids is 1. The first-order valence-electron chi connectivity index (χ1n) is 11.8. The van der Waals surface area contributed by atoms with Crippen molar-refractivity contribution in [3.63, 3.8) is 0 Å².